The van der Waals surface area contributed by atoms with Gasteiger partial charge >= 0.3 is 0 Å². The highest BCUT2D eigenvalue weighted by Crippen LogP contribution is 2.19. The van der Waals surface area contributed by atoms with Gasteiger partial charge in [-0.1, -0.05) is 44.2 Å². The fraction of sp³-hybridized carbons (Fsp3) is 0.450. The number of allylic oxidation sites excluding steroid dienone is 2. The summed E-state index contributed by atoms with van der Waals surface area (Å²) in [5.41, 5.74) is 2.67. The number of hydrogen-bond donors (Lipinski definition) is 2. The molecule has 0 fully saturated rings. The highest BCUT2D eigenvalue weighted by molar-refractivity contribution is 6.03. The van der Waals surface area contributed by atoms with Gasteiger partial charge in [-0.2, -0.15) is 0 Å². The molecule has 0 atom stereocenters. The molecule has 0 radical (unpaired) electrons. The Kier molecular flexibility index (Phi) is 9.05. The monoisotopic (exact) mass is 330 g/mol. The van der Waals surface area contributed by atoms with Gasteiger partial charge in [-0.25, -0.2) is 0 Å². The van der Waals surface area contributed by atoms with Crippen LogP contribution < -0.4 is 5.32 Å². The third-order valence-electron chi connectivity index (χ3n) is 3.87. The molecular formula is C20H30N2O2. The molecule has 1 aromatic rings. The van der Waals surface area contributed by atoms with Crippen LogP contribution in [0.5, 0.6) is 5.75 Å². The standard InChI is InChI=1S/C20H30N2O2/c1-5-7-8-19(23)17(4)14-21-11-12-22(6-2)15-18-13-16(3)9-10-20(18)24/h7-10,13,21,24H,4-6,11-12,14-15H2,1-3H3. The predicted molar refractivity (Wildman–Crippen MR) is 100 cm³/mol. The Hall–Kier alpha value is -1.91. The highest BCUT2D eigenvalue weighted by Gasteiger charge is 2.08. The number of likely N-dealkylation sites (N-methyl/N-ethyl adjacent to an activating group) is 1. The normalized spacial score (nSPS) is 11.3. The van der Waals surface area contributed by atoms with Gasteiger partial charge in [0, 0.05) is 37.3 Å². The van der Waals surface area contributed by atoms with E-state index in [9.17, 15) is 9.90 Å². The maximum absolute atomic E-state index is 11.7. The molecule has 132 valence electrons. The number of nitrogens with zero attached hydrogens (tertiary/aromatic N) is 1. The van der Waals surface area contributed by atoms with E-state index < -0.39 is 0 Å². The Bertz CT molecular complexity index is 579. The molecule has 0 saturated carbocycles. The van der Waals surface area contributed by atoms with Gasteiger partial charge in [0.2, 0.25) is 0 Å². The number of carbonyl (C=O) groups excluding carboxylic acids is 1. The molecule has 0 bridgehead atoms. The smallest absolute Gasteiger partial charge is 0.182 e. The Morgan fingerprint density at radius 1 is 1.38 bits per heavy atom. The summed E-state index contributed by atoms with van der Waals surface area (Å²) in [5, 5.41) is 13.2. The summed E-state index contributed by atoms with van der Waals surface area (Å²) in [6, 6.07) is 5.68. The lowest BCUT2D eigenvalue weighted by Gasteiger charge is -2.21. The van der Waals surface area contributed by atoms with E-state index >= 15 is 0 Å². The zero-order valence-corrected chi connectivity index (χ0v) is 15.1. The summed E-state index contributed by atoms with van der Waals surface area (Å²) < 4.78 is 0. The number of aryl methyl sites for hydroxylation is 1. The lowest BCUT2D eigenvalue weighted by molar-refractivity contribution is -0.111. The van der Waals surface area contributed by atoms with Crippen molar-refractivity contribution in [2.75, 3.05) is 26.2 Å². The molecule has 0 spiro atoms. The number of carbonyl (C=O) groups is 1. The second-order valence-electron chi connectivity index (χ2n) is 5.96. The number of phenolic OH excluding ortho intramolecular Hbond substituents is 1. The first-order valence-electron chi connectivity index (χ1n) is 8.58. The van der Waals surface area contributed by atoms with Crippen molar-refractivity contribution in [3.8, 4) is 5.75 Å². The van der Waals surface area contributed by atoms with Crippen LogP contribution in [-0.2, 0) is 11.3 Å². The average Bonchev–Trinajstić information content (AvgIpc) is 2.58. The molecule has 1 aromatic carbocycles. The molecule has 0 amide bonds. The first-order valence-corrected chi connectivity index (χ1v) is 8.58. The van der Waals surface area contributed by atoms with Gasteiger partial charge in [0.05, 0.1) is 0 Å². The number of rotatable bonds is 11. The lowest BCUT2D eigenvalue weighted by Crippen LogP contribution is -2.33. The van der Waals surface area contributed by atoms with E-state index in [0.29, 0.717) is 24.4 Å². The molecule has 0 aliphatic heterocycles. The minimum atomic E-state index is -0.0126. The van der Waals surface area contributed by atoms with Crippen LogP contribution in [0.25, 0.3) is 0 Å². The van der Waals surface area contributed by atoms with Gasteiger partial charge in [0.15, 0.2) is 5.78 Å². The summed E-state index contributed by atoms with van der Waals surface area (Å²) in [4.78, 5) is 14.0. The molecule has 24 heavy (non-hydrogen) atoms. The Labute approximate surface area is 145 Å². The van der Waals surface area contributed by atoms with E-state index in [1.807, 2.05) is 32.1 Å². The van der Waals surface area contributed by atoms with Crippen molar-refractivity contribution in [1.29, 1.82) is 0 Å². The van der Waals surface area contributed by atoms with Crippen molar-refractivity contribution in [1.82, 2.24) is 10.2 Å². The van der Waals surface area contributed by atoms with Gasteiger partial charge in [-0.3, -0.25) is 9.69 Å². The molecule has 0 saturated heterocycles. The average molecular weight is 330 g/mol. The largest absolute Gasteiger partial charge is 0.508 e. The van der Waals surface area contributed by atoms with E-state index in [0.717, 1.165) is 37.2 Å². The third-order valence-corrected chi connectivity index (χ3v) is 3.87. The van der Waals surface area contributed by atoms with Gasteiger partial charge < -0.3 is 10.4 Å². The highest BCUT2D eigenvalue weighted by atomic mass is 16.3. The fourth-order valence-electron chi connectivity index (χ4n) is 2.34. The molecule has 4 heteroatoms. The van der Waals surface area contributed by atoms with E-state index in [1.54, 1.807) is 12.1 Å². The molecule has 0 aromatic heterocycles. The maximum Gasteiger partial charge on any atom is 0.182 e. The quantitative estimate of drug-likeness (QED) is 0.483. The topological polar surface area (TPSA) is 52.6 Å². The van der Waals surface area contributed by atoms with Crippen molar-refractivity contribution in [3.63, 3.8) is 0 Å². The molecule has 0 aliphatic rings. The number of benzene rings is 1. The van der Waals surface area contributed by atoms with Crippen LogP contribution in [0.4, 0.5) is 0 Å². The van der Waals surface area contributed by atoms with Gasteiger partial charge in [-0.05, 0) is 32.0 Å². The minimum absolute atomic E-state index is 0.0126. The predicted octanol–water partition coefficient (Wildman–Crippen LogP) is 3.20. The van der Waals surface area contributed by atoms with E-state index in [-0.39, 0.29) is 5.78 Å². The second-order valence-corrected chi connectivity index (χ2v) is 5.96. The SMILES string of the molecule is C=C(CNCCN(CC)Cc1cc(C)ccc1O)C(=O)C=CCC. The Morgan fingerprint density at radius 2 is 2.12 bits per heavy atom. The number of aromatic hydroxyl groups is 1. The number of phenols is 1. The molecule has 0 aliphatic carbocycles. The summed E-state index contributed by atoms with van der Waals surface area (Å²) in [6.45, 7) is 13.7. The summed E-state index contributed by atoms with van der Waals surface area (Å²) in [5.74, 6) is 0.329. The number of nitrogens with one attached hydrogen (secondary N) is 1. The minimum Gasteiger partial charge on any atom is -0.508 e. The lowest BCUT2D eigenvalue weighted by atomic mass is 10.1. The second kappa shape index (κ2) is 10.8. The molecule has 0 heterocycles. The van der Waals surface area contributed by atoms with Crippen LogP contribution in [-0.4, -0.2) is 42.0 Å². The first kappa shape index (κ1) is 20.1. The van der Waals surface area contributed by atoms with E-state index in [4.69, 9.17) is 0 Å². The van der Waals surface area contributed by atoms with Gasteiger partial charge in [-0.15, -0.1) is 0 Å². The molecule has 1 rings (SSSR count). The van der Waals surface area contributed by atoms with E-state index in [1.165, 1.54) is 0 Å². The van der Waals surface area contributed by atoms with E-state index in [2.05, 4.69) is 23.7 Å². The molecular weight excluding hydrogens is 300 g/mol. The first-order chi connectivity index (χ1) is 11.5. The van der Waals surface area contributed by atoms with Gasteiger partial charge in [0.25, 0.3) is 0 Å². The molecule has 0 unspecified atom stereocenters. The van der Waals surface area contributed by atoms with Crippen molar-refractivity contribution < 1.29 is 9.90 Å². The van der Waals surface area contributed by atoms with Crippen LogP contribution in [0.3, 0.4) is 0 Å². The number of ketones is 1. The zero-order chi connectivity index (χ0) is 17.9. The summed E-state index contributed by atoms with van der Waals surface area (Å²) in [7, 11) is 0. The number of hydrogen-bond acceptors (Lipinski definition) is 4. The van der Waals surface area contributed by atoms with Crippen LogP contribution >= 0.6 is 0 Å². The zero-order valence-electron chi connectivity index (χ0n) is 15.1. The van der Waals surface area contributed by atoms with Crippen molar-refractivity contribution in [3.05, 3.63) is 53.6 Å². The van der Waals surface area contributed by atoms with Crippen LogP contribution in [0.1, 0.15) is 31.4 Å². The fourth-order valence-corrected chi connectivity index (χ4v) is 2.34. The maximum atomic E-state index is 11.7. The van der Waals surface area contributed by atoms with Crippen LogP contribution in [0, 0.1) is 6.92 Å². The third kappa shape index (κ3) is 7.11. The van der Waals surface area contributed by atoms with Crippen molar-refractivity contribution in [2.45, 2.75) is 33.7 Å². The summed E-state index contributed by atoms with van der Waals surface area (Å²) in [6.07, 6.45) is 4.28. The summed E-state index contributed by atoms with van der Waals surface area (Å²) >= 11 is 0. The van der Waals surface area contributed by atoms with Crippen molar-refractivity contribution >= 4 is 5.78 Å². The van der Waals surface area contributed by atoms with Crippen LogP contribution in [0.15, 0.2) is 42.5 Å². The van der Waals surface area contributed by atoms with Gasteiger partial charge in [0.1, 0.15) is 5.75 Å². The Morgan fingerprint density at radius 3 is 2.79 bits per heavy atom. The Balaban J connectivity index is 2.39. The van der Waals surface area contributed by atoms with Crippen LogP contribution in [0.2, 0.25) is 0 Å². The molecule has 2 N–H and O–H groups in total. The molecule has 4 nitrogen and oxygen atoms in total. The van der Waals surface area contributed by atoms with Crippen molar-refractivity contribution in [2.24, 2.45) is 0 Å².